The lowest BCUT2D eigenvalue weighted by Crippen LogP contribution is -2.17. The third-order valence-corrected chi connectivity index (χ3v) is 1.63. The lowest BCUT2D eigenvalue weighted by molar-refractivity contribution is -0.274. The van der Waals surface area contributed by atoms with Gasteiger partial charge in [0.1, 0.15) is 5.75 Å². The summed E-state index contributed by atoms with van der Waals surface area (Å²) in [6.45, 7) is 3.74. The zero-order chi connectivity index (χ0) is 10.8. The third-order valence-electron chi connectivity index (χ3n) is 1.63. The first-order valence-corrected chi connectivity index (χ1v) is 4.09. The Bertz CT molecular complexity index is 309. The molecule has 0 aliphatic rings. The number of aromatic nitrogens is 1. The summed E-state index contributed by atoms with van der Waals surface area (Å²) in [6, 6.07) is 1.34. The molecule has 0 radical (unpaired) electrons. The highest BCUT2D eigenvalue weighted by molar-refractivity contribution is 5.25. The van der Waals surface area contributed by atoms with Crippen LogP contribution in [0, 0.1) is 0 Å². The molecule has 0 saturated carbocycles. The van der Waals surface area contributed by atoms with Crippen molar-refractivity contribution < 1.29 is 17.9 Å². The summed E-state index contributed by atoms with van der Waals surface area (Å²) in [5.74, 6) is -0.150. The Morgan fingerprint density at radius 3 is 2.43 bits per heavy atom. The van der Waals surface area contributed by atoms with Gasteiger partial charge in [-0.2, -0.15) is 0 Å². The largest absolute Gasteiger partial charge is 0.573 e. The van der Waals surface area contributed by atoms with Gasteiger partial charge in [-0.15, -0.1) is 13.2 Å². The molecule has 1 aromatic rings. The first-order valence-electron chi connectivity index (χ1n) is 4.09. The van der Waals surface area contributed by atoms with E-state index < -0.39 is 6.36 Å². The van der Waals surface area contributed by atoms with Gasteiger partial charge in [-0.1, -0.05) is 13.8 Å². The van der Waals surface area contributed by atoms with E-state index in [1.54, 1.807) is 0 Å². The first kappa shape index (κ1) is 10.8. The highest BCUT2D eigenvalue weighted by atomic mass is 19.4. The summed E-state index contributed by atoms with van der Waals surface area (Å²) in [7, 11) is 0. The molecule has 0 aliphatic heterocycles. The maximum atomic E-state index is 11.8. The number of pyridine rings is 1. The second-order valence-electron chi connectivity index (χ2n) is 3.16. The molecule has 1 rings (SSSR count). The van der Waals surface area contributed by atoms with Crippen LogP contribution in [0.4, 0.5) is 13.2 Å². The summed E-state index contributed by atoms with van der Waals surface area (Å²) in [6.07, 6.45) is -2.09. The standard InChI is InChI=1S/C9H10F3NO/c1-6(2)7-3-8(5-13-4-7)14-9(10,11)12/h3-6H,1-2H3. The molecule has 1 aromatic heterocycles. The first-order chi connectivity index (χ1) is 6.38. The van der Waals surface area contributed by atoms with Crippen LogP contribution in [-0.2, 0) is 0 Å². The van der Waals surface area contributed by atoms with Crippen molar-refractivity contribution in [3.63, 3.8) is 0 Å². The number of hydrogen-bond acceptors (Lipinski definition) is 2. The van der Waals surface area contributed by atoms with E-state index in [0.717, 1.165) is 6.20 Å². The van der Waals surface area contributed by atoms with Gasteiger partial charge >= 0.3 is 6.36 Å². The number of halogens is 3. The topological polar surface area (TPSA) is 22.1 Å². The van der Waals surface area contributed by atoms with Gasteiger partial charge < -0.3 is 4.74 Å². The van der Waals surface area contributed by atoms with Crippen LogP contribution in [0.25, 0.3) is 0 Å². The molecule has 5 heteroatoms. The molecule has 1 heterocycles. The summed E-state index contributed by atoms with van der Waals surface area (Å²) in [5.41, 5.74) is 0.715. The van der Waals surface area contributed by atoms with E-state index in [0.29, 0.717) is 5.56 Å². The summed E-state index contributed by atoms with van der Waals surface area (Å²) in [4.78, 5) is 3.67. The van der Waals surface area contributed by atoms with Crippen molar-refractivity contribution in [1.29, 1.82) is 0 Å². The molecule has 0 aliphatic carbocycles. The highest BCUT2D eigenvalue weighted by Crippen LogP contribution is 2.24. The van der Waals surface area contributed by atoms with Gasteiger partial charge in [-0.3, -0.25) is 4.98 Å². The Morgan fingerprint density at radius 1 is 1.29 bits per heavy atom. The quantitative estimate of drug-likeness (QED) is 0.740. The molecule has 2 nitrogen and oxygen atoms in total. The van der Waals surface area contributed by atoms with Crippen LogP contribution in [0.1, 0.15) is 25.3 Å². The molecule has 14 heavy (non-hydrogen) atoms. The van der Waals surface area contributed by atoms with Crippen molar-refractivity contribution >= 4 is 0 Å². The fourth-order valence-corrected chi connectivity index (χ4v) is 0.941. The predicted molar refractivity (Wildman–Crippen MR) is 45.0 cm³/mol. The Morgan fingerprint density at radius 2 is 1.93 bits per heavy atom. The van der Waals surface area contributed by atoms with Crippen LogP contribution in [-0.4, -0.2) is 11.3 Å². The van der Waals surface area contributed by atoms with E-state index in [-0.39, 0.29) is 11.7 Å². The summed E-state index contributed by atoms with van der Waals surface area (Å²) >= 11 is 0. The van der Waals surface area contributed by atoms with Gasteiger partial charge in [-0.05, 0) is 17.5 Å². The molecule has 0 saturated heterocycles. The monoisotopic (exact) mass is 205 g/mol. The summed E-state index contributed by atoms with van der Waals surface area (Å²) < 4.78 is 39.2. The maximum Gasteiger partial charge on any atom is 0.573 e. The highest BCUT2D eigenvalue weighted by Gasteiger charge is 2.31. The van der Waals surface area contributed by atoms with Crippen LogP contribution < -0.4 is 4.74 Å². The second-order valence-corrected chi connectivity index (χ2v) is 3.16. The normalized spacial score (nSPS) is 11.9. The number of ether oxygens (including phenoxy) is 1. The molecule has 0 N–H and O–H groups in total. The van der Waals surface area contributed by atoms with Gasteiger partial charge in [0.25, 0.3) is 0 Å². The molecule has 0 bridgehead atoms. The van der Waals surface area contributed by atoms with E-state index in [1.165, 1.54) is 12.3 Å². The minimum Gasteiger partial charge on any atom is -0.404 e. The fraction of sp³-hybridized carbons (Fsp3) is 0.444. The predicted octanol–water partition coefficient (Wildman–Crippen LogP) is 3.10. The molecular weight excluding hydrogens is 195 g/mol. The van der Waals surface area contributed by atoms with Crippen molar-refractivity contribution in [3.8, 4) is 5.75 Å². The van der Waals surface area contributed by atoms with Gasteiger partial charge in [0.2, 0.25) is 0 Å². The van der Waals surface area contributed by atoms with Crippen molar-refractivity contribution in [1.82, 2.24) is 4.98 Å². The Labute approximate surface area is 79.7 Å². The average molecular weight is 205 g/mol. The fourth-order valence-electron chi connectivity index (χ4n) is 0.941. The zero-order valence-electron chi connectivity index (χ0n) is 7.80. The number of hydrogen-bond donors (Lipinski definition) is 0. The van der Waals surface area contributed by atoms with E-state index in [2.05, 4.69) is 9.72 Å². The van der Waals surface area contributed by atoms with Gasteiger partial charge in [-0.25, -0.2) is 0 Å². The van der Waals surface area contributed by atoms with Crippen LogP contribution in [0.3, 0.4) is 0 Å². The Hall–Kier alpha value is -1.26. The number of nitrogens with zero attached hydrogens (tertiary/aromatic N) is 1. The average Bonchev–Trinajstić information content (AvgIpc) is 2.01. The van der Waals surface area contributed by atoms with Crippen LogP contribution in [0.15, 0.2) is 18.5 Å². The lowest BCUT2D eigenvalue weighted by Gasteiger charge is -2.10. The minimum atomic E-state index is -4.66. The lowest BCUT2D eigenvalue weighted by atomic mass is 10.1. The van der Waals surface area contributed by atoms with Gasteiger partial charge in [0.05, 0.1) is 6.20 Å². The maximum absolute atomic E-state index is 11.8. The van der Waals surface area contributed by atoms with E-state index in [4.69, 9.17) is 0 Å². The van der Waals surface area contributed by atoms with Crippen LogP contribution in [0.2, 0.25) is 0 Å². The molecule has 0 unspecified atom stereocenters. The molecule has 0 amide bonds. The number of rotatable bonds is 2. The summed E-state index contributed by atoms with van der Waals surface area (Å²) in [5, 5.41) is 0. The van der Waals surface area contributed by atoms with E-state index >= 15 is 0 Å². The van der Waals surface area contributed by atoms with E-state index in [9.17, 15) is 13.2 Å². The van der Waals surface area contributed by atoms with Crippen molar-refractivity contribution in [2.75, 3.05) is 0 Å². The molecule has 0 aromatic carbocycles. The van der Waals surface area contributed by atoms with Crippen molar-refractivity contribution in [2.45, 2.75) is 26.1 Å². The SMILES string of the molecule is CC(C)c1cncc(OC(F)(F)F)c1. The van der Waals surface area contributed by atoms with Crippen LogP contribution in [0.5, 0.6) is 5.75 Å². The van der Waals surface area contributed by atoms with Crippen molar-refractivity contribution in [3.05, 3.63) is 24.0 Å². The van der Waals surface area contributed by atoms with Crippen molar-refractivity contribution in [2.24, 2.45) is 0 Å². The number of alkyl halides is 3. The smallest absolute Gasteiger partial charge is 0.404 e. The molecular formula is C9H10F3NO. The van der Waals surface area contributed by atoms with Gasteiger partial charge in [0.15, 0.2) is 0 Å². The molecule has 0 spiro atoms. The minimum absolute atomic E-state index is 0.124. The van der Waals surface area contributed by atoms with Crippen LogP contribution >= 0.6 is 0 Å². The molecule has 0 atom stereocenters. The zero-order valence-corrected chi connectivity index (χ0v) is 7.80. The molecule has 78 valence electrons. The van der Waals surface area contributed by atoms with E-state index in [1.807, 2.05) is 13.8 Å². The third kappa shape index (κ3) is 3.24. The Balaban J connectivity index is 2.84. The Kier molecular flexibility index (Phi) is 2.98. The molecule has 0 fully saturated rings. The van der Waals surface area contributed by atoms with Gasteiger partial charge in [0, 0.05) is 6.20 Å². The second kappa shape index (κ2) is 3.86.